The summed E-state index contributed by atoms with van der Waals surface area (Å²) in [6.45, 7) is 7.03. The molecule has 0 bridgehead atoms. The smallest absolute Gasteiger partial charge is 0.225 e. The number of anilines is 2. The summed E-state index contributed by atoms with van der Waals surface area (Å²) in [4.78, 5) is 10.8. The highest BCUT2D eigenvalue weighted by Crippen LogP contribution is 2.42. The van der Waals surface area contributed by atoms with Crippen LogP contribution in [0, 0.1) is 0 Å². The summed E-state index contributed by atoms with van der Waals surface area (Å²) in [5.74, 6) is 2.11. The fourth-order valence-corrected chi connectivity index (χ4v) is 4.18. The number of rotatable bonds is 4. The van der Waals surface area contributed by atoms with E-state index < -0.39 is 0 Å². The van der Waals surface area contributed by atoms with Crippen molar-refractivity contribution in [3.05, 3.63) is 35.4 Å². The standard InChI is InChI=1S/C21H29N5O2/c1-14(2)27-16-6-4-15(5-7-16)13-26-10-3-8-21(9-11-26)12-17-18(22)24-20(23)25-19(17)28-21/h4-7,14H,3,8-13H2,1-2H3,(H4,22,23,24,25)/t21-/m1/s1. The number of nitrogen functional groups attached to an aromatic ring is 2. The molecule has 150 valence electrons. The summed E-state index contributed by atoms with van der Waals surface area (Å²) < 4.78 is 12.0. The molecule has 2 aliphatic heterocycles. The van der Waals surface area contributed by atoms with E-state index in [-0.39, 0.29) is 17.7 Å². The Labute approximate surface area is 166 Å². The van der Waals surface area contributed by atoms with Crippen LogP contribution >= 0.6 is 0 Å². The molecule has 1 aromatic carbocycles. The second-order valence-electron chi connectivity index (χ2n) is 8.15. The number of likely N-dealkylation sites (tertiary alicyclic amines) is 1. The van der Waals surface area contributed by atoms with Crippen molar-refractivity contribution in [2.45, 2.75) is 57.8 Å². The van der Waals surface area contributed by atoms with Crippen LogP contribution in [-0.4, -0.2) is 39.7 Å². The number of fused-ring (bicyclic) bond motifs is 1. The first-order chi connectivity index (χ1) is 13.4. The van der Waals surface area contributed by atoms with Crippen LogP contribution in [0.15, 0.2) is 24.3 Å². The van der Waals surface area contributed by atoms with E-state index in [9.17, 15) is 0 Å². The number of hydrogen-bond acceptors (Lipinski definition) is 7. The van der Waals surface area contributed by atoms with Gasteiger partial charge in [-0.05, 0) is 50.9 Å². The SMILES string of the molecule is CC(C)Oc1ccc(CN2CCC[C@@]3(CC2)Cc2c(N)nc(N)nc2O3)cc1. The topological polar surface area (TPSA) is 99.5 Å². The van der Waals surface area contributed by atoms with Crippen LogP contribution in [0.1, 0.15) is 44.2 Å². The number of nitrogens with zero attached hydrogens (tertiary/aromatic N) is 3. The first kappa shape index (κ1) is 18.8. The van der Waals surface area contributed by atoms with E-state index in [0.717, 1.165) is 56.6 Å². The zero-order valence-electron chi connectivity index (χ0n) is 16.6. The number of nitrogens with two attached hydrogens (primary N) is 2. The molecule has 0 amide bonds. The maximum Gasteiger partial charge on any atom is 0.225 e. The molecule has 0 unspecified atom stereocenters. The van der Waals surface area contributed by atoms with E-state index >= 15 is 0 Å². The predicted molar refractivity (Wildman–Crippen MR) is 109 cm³/mol. The molecule has 3 heterocycles. The van der Waals surface area contributed by atoms with Crippen LogP contribution in [0.25, 0.3) is 0 Å². The van der Waals surface area contributed by atoms with Gasteiger partial charge in [-0.25, -0.2) is 0 Å². The molecule has 1 atom stereocenters. The van der Waals surface area contributed by atoms with Gasteiger partial charge in [-0.2, -0.15) is 9.97 Å². The molecular formula is C21H29N5O2. The van der Waals surface area contributed by atoms with Gasteiger partial charge in [-0.3, -0.25) is 4.90 Å². The summed E-state index contributed by atoms with van der Waals surface area (Å²) in [5.41, 5.74) is 13.7. The molecular weight excluding hydrogens is 354 g/mol. The van der Waals surface area contributed by atoms with E-state index in [4.69, 9.17) is 20.9 Å². The van der Waals surface area contributed by atoms with Crippen molar-refractivity contribution in [2.24, 2.45) is 0 Å². The first-order valence-corrected chi connectivity index (χ1v) is 10.0. The number of benzene rings is 1. The van der Waals surface area contributed by atoms with Gasteiger partial charge in [-0.15, -0.1) is 0 Å². The van der Waals surface area contributed by atoms with E-state index in [0.29, 0.717) is 11.7 Å². The minimum absolute atomic E-state index is 0.174. The summed E-state index contributed by atoms with van der Waals surface area (Å²) in [6.07, 6.45) is 3.96. The van der Waals surface area contributed by atoms with Gasteiger partial charge < -0.3 is 20.9 Å². The summed E-state index contributed by atoms with van der Waals surface area (Å²) in [5, 5.41) is 0. The number of aromatic nitrogens is 2. The Hall–Kier alpha value is -2.54. The molecule has 1 aromatic heterocycles. The van der Waals surface area contributed by atoms with Crippen molar-refractivity contribution in [3.63, 3.8) is 0 Å². The van der Waals surface area contributed by atoms with Crippen LogP contribution < -0.4 is 20.9 Å². The maximum atomic E-state index is 6.27. The van der Waals surface area contributed by atoms with Gasteiger partial charge in [0.2, 0.25) is 11.8 Å². The highest BCUT2D eigenvalue weighted by molar-refractivity contribution is 5.52. The molecule has 2 aromatic rings. The van der Waals surface area contributed by atoms with E-state index in [1.54, 1.807) is 0 Å². The van der Waals surface area contributed by atoms with Gasteiger partial charge in [0.15, 0.2) is 0 Å². The third kappa shape index (κ3) is 3.99. The third-order valence-electron chi connectivity index (χ3n) is 5.52. The summed E-state index contributed by atoms with van der Waals surface area (Å²) in [6, 6.07) is 8.41. The molecule has 0 radical (unpaired) electrons. The highest BCUT2D eigenvalue weighted by atomic mass is 16.5. The Kier molecular flexibility index (Phi) is 5.02. The van der Waals surface area contributed by atoms with Crippen molar-refractivity contribution in [3.8, 4) is 11.6 Å². The van der Waals surface area contributed by atoms with Crippen LogP contribution in [0.2, 0.25) is 0 Å². The lowest BCUT2D eigenvalue weighted by Gasteiger charge is -2.27. The van der Waals surface area contributed by atoms with E-state index in [2.05, 4.69) is 39.1 Å². The van der Waals surface area contributed by atoms with Crippen molar-refractivity contribution in [2.75, 3.05) is 24.6 Å². The lowest BCUT2D eigenvalue weighted by atomic mass is 9.90. The van der Waals surface area contributed by atoms with Crippen molar-refractivity contribution in [1.82, 2.24) is 14.9 Å². The minimum atomic E-state index is -0.233. The van der Waals surface area contributed by atoms with Crippen LogP contribution in [0.3, 0.4) is 0 Å². The monoisotopic (exact) mass is 383 g/mol. The van der Waals surface area contributed by atoms with Crippen LogP contribution in [0.5, 0.6) is 11.6 Å². The van der Waals surface area contributed by atoms with Crippen molar-refractivity contribution < 1.29 is 9.47 Å². The Morgan fingerprint density at radius 2 is 1.93 bits per heavy atom. The molecule has 1 saturated heterocycles. The van der Waals surface area contributed by atoms with Crippen molar-refractivity contribution in [1.29, 1.82) is 0 Å². The van der Waals surface area contributed by atoms with Crippen LogP contribution in [0.4, 0.5) is 11.8 Å². The van der Waals surface area contributed by atoms with Gasteiger partial charge in [0.1, 0.15) is 17.2 Å². The summed E-state index contributed by atoms with van der Waals surface area (Å²) in [7, 11) is 0. The molecule has 0 aliphatic carbocycles. The zero-order valence-corrected chi connectivity index (χ0v) is 16.6. The largest absolute Gasteiger partial charge is 0.491 e. The Morgan fingerprint density at radius 1 is 1.14 bits per heavy atom. The second-order valence-corrected chi connectivity index (χ2v) is 8.15. The van der Waals surface area contributed by atoms with Gasteiger partial charge >= 0.3 is 0 Å². The van der Waals surface area contributed by atoms with Gasteiger partial charge in [-0.1, -0.05) is 12.1 Å². The minimum Gasteiger partial charge on any atom is -0.491 e. The van der Waals surface area contributed by atoms with Gasteiger partial charge in [0.05, 0.1) is 11.7 Å². The van der Waals surface area contributed by atoms with Gasteiger partial charge in [0.25, 0.3) is 0 Å². The normalized spacial score (nSPS) is 22.1. The molecule has 7 heteroatoms. The van der Waals surface area contributed by atoms with E-state index in [1.807, 2.05) is 13.8 Å². The number of ether oxygens (including phenoxy) is 2. The molecule has 2 aliphatic rings. The molecule has 0 saturated carbocycles. The average Bonchev–Trinajstić information content (AvgIpc) is 2.88. The Bertz CT molecular complexity index is 839. The lowest BCUT2D eigenvalue weighted by molar-refractivity contribution is 0.0728. The van der Waals surface area contributed by atoms with E-state index in [1.165, 1.54) is 5.56 Å². The predicted octanol–water partition coefficient (Wildman–Crippen LogP) is 2.79. The fraction of sp³-hybridized carbons (Fsp3) is 0.524. The molecule has 4 N–H and O–H groups in total. The molecule has 28 heavy (non-hydrogen) atoms. The molecule has 7 nitrogen and oxygen atoms in total. The lowest BCUT2D eigenvalue weighted by Crippen LogP contribution is -2.36. The number of hydrogen-bond donors (Lipinski definition) is 2. The Balaban J connectivity index is 1.39. The molecule has 1 fully saturated rings. The van der Waals surface area contributed by atoms with Gasteiger partial charge in [0, 0.05) is 25.9 Å². The maximum absolute atomic E-state index is 6.27. The quantitative estimate of drug-likeness (QED) is 0.837. The Morgan fingerprint density at radius 3 is 2.68 bits per heavy atom. The second kappa shape index (κ2) is 7.47. The zero-order chi connectivity index (χ0) is 19.7. The fourth-order valence-electron chi connectivity index (χ4n) is 4.18. The molecule has 4 rings (SSSR count). The first-order valence-electron chi connectivity index (χ1n) is 10.0. The summed E-state index contributed by atoms with van der Waals surface area (Å²) >= 11 is 0. The third-order valence-corrected chi connectivity index (χ3v) is 5.52. The van der Waals surface area contributed by atoms with Crippen LogP contribution in [-0.2, 0) is 13.0 Å². The average molecular weight is 383 g/mol. The highest BCUT2D eigenvalue weighted by Gasteiger charge is 2.42. The molecule has 1 spiro atoms. The van der Waals surface area contributed by atoms with Crippen molar-refractivity contribution >= 4 is 11.8 Å².